The third-order valence-corrected chi connectivity index (χ3v) is 10.8. The topological polar surface area (TPSA) is 16.4 Å². The lowest BCUT2D eigenvalue weighted by atomic mass is 9.94. The van der Waals surface area contributed by atoms with Gasteiger partial charge in [0.2, 0.25) is 0 Å². The number of fused-ring (bicyclic) bond motifs is 7. The van der Waals surface area contributed by atoms with Gasteiger partial charge in [0.15, 0.2) is 0 Å². The van der Waals surface area contributed by atoms with Crippen LogP contribution in [-0.4, -0.2) is 0 Å². The van der Waals surface area contributed by atoms with Crippen LogP contribution in [0.1, 0.15) is 0 Å². The lowest BCUT2D eigenvalue weighted by molar-refractivity contribution is 0.669. The molecule has 230 valence electrons. The van der Waals surface area contributed by atoms with Crippen LogP contribution in [0.2, 0.25) is 0 Å². The van der Waals surface area contributed by atoms with Gasteiger partial charge in [0.1, 0.15) is 11.2 Å². The van der Waals surface area contributed by atoms with E-state index >= 15 is 0 Å². The van der Waals surface area contributed by atoms with E-state index in [1.165, 1.54) is 47.6 Å². The average molecular weight is 644 g/mol. The van der Waals surface area contributed by atoms with Crippen LogP contribution in [0.4, 0.5) is 17.1 Å². The first-order valence-corrected chi connectivity index (χ1v) is 17.4. The zero-order valence-electron chi connectivity index (χ0n) is 26.5. The molecule has 2 heterocycles. The highest BCUT2D eigenvalue weighted by Crippen LogP contribution is 2.45. The molecule has 2 nitrogen and oxygen atoms in total. The molecular weight excluding hydrogens is 615 g/mol. The van der Waals surface area contributed by atoms with Gasteiger partial charge in [-0.05, 0) is 82.1 Å². The fraction of sp³-hybridized carbons (Fsp3) is 0. The summed E-state index contributed by atoms with van der Waals surface area (Å²) in [4.78, 5) is 2.41. The normalized spacial score (nSPS) is 11.7. The second-order valence-corrected chi connectivity index (χ2v) is 13.6. The van der Waals surface area contributed by atoms with Crippen LogP contribution >= 0.6 is 11.3 Å². The Morgan fingerprint density at radius 3 is 1.96 bits per heavy atom. The highest BCUT2D eigenvalue weighted by atomic mass is 32.1. The Balaban J connectivity index is 1.19. The van der Waals surface area contributed by atoms with Crippen LogP contribution in [0.5, 0.6) is 0 Å². The van der Waals surface area contributed by atoms with E-state index in [9.17, 15) is 0 Å². The molecule has 0 amide bonds. The number of rotatable bonds is 5. The van der Waals surface area contributed by atoms with Gasteiger partial charge in [-0.3, -0.25) is 0 Å². The third-order valence-electron chi connectivity index (χ3n) is 9.66. The predicted octanol–water partition coefficient (Wildman–Crippen LogP) is 13.9. The number of hydrogen-bond donors (Lipinski definition) is 0. The zero-order chi connectivity index (χ0) is 32.3. The van der Waals surface area contributed by atoms with E-state index in [1.54, 1.807) is 0 Å². The molecule has 0 bridgehead atoms. The molecule has 10 aromatic rings. The van der Waals surface area contributed by atoms with Crippen molar-refractivity contribution in [3.8, 4) is 22.3 Å². The summed E-state index contributed by atoms with van der Waals surface area (Å²) in [6, 6.07) is 63.4. The van der Waals surface area contributed by atoms with Crippen molar-refractivity contribution >= 4 is 81.3 Å². The maximum atomic E-state index is 6.25. The van der Waals surface area contributed by atoms with Gasteiger partial charge in [-0.1, -0.05) is 121 Å². The SMILES string of the molecule is c1cc(-c2ccccc2N(c2ccc3c(c2)sc2ccccc23)c2ccc3oc4ccccc4c3c2)cc(-c2cccc3ccccc23)c1. The molecule has 0 aliphatic carbocycles. The highest BCUT2D eigenvalue weighted by Gasteiger charge is 2.20. The van der Waals surface area contributed by atoms with E-state index in [2.05, 4.69) is 169 Å². The molecule has 8 aromatic carbocycles. The fourth-order valence-corrected chi connectivity index (χ4v) is 8.52. The first kappa shape index (κ1) is 27.9. The van der Waals surface area contributed by atoms with E-state index in [4.69, 9.17) is 4.42 Å². The number of nitrogens with zero attached hydrogens (tertiary/aromatic N) is 1. The predicted molar refractivity (Wildman–Crippen MR) is 210 cm³/mol. The second kappa shape index (κ2) is 11.2. The lowest BCUT2D eigenvalue weighted by Crippen LogP contribution is -2.11. The number of hydrogen-bond acceptors (Lipinski definition) is 3. The molecule has 3 heteroatoms. The van der Waals surface area contributed by atoms with E-state index in [1.807, 2.05) is 23.5 Å². The summed E-state index contributed by atoms with van der Waals surface area (Å²) in [5.41, 5.74) is 9.88. The Labute approximate surface area is 287 Å². The monoisotopic (exact) mass is 643 g/mol. The highest BCUT2D eigenvalue weighted by molar-refractivity contribution is 7.25. The largest absolute Gasteiger partial charge is 0.456 e. The van der Waals surface area contributed by atoms with Crippen LogP contribution in [0.15, 0.2) is 180 Å². The Morgan fingerprint density at radius 1 is 0.388 bits per heavy atom. The molecule has 0 saturated carbocycles. The summed E-state index contributed by atoms with van der Waals surface area (Å²) in [6.45, 7) is 0. The summed E-state index contributed by atoms with van der Waals surface area (Å²) in [5.74, 6) is 0. The number of thiophene rings is 1. The molecule has 0 spiro atoms. The molecule has 0 unspecified atom stereocenters. The van der Waals surface area contributed by atoms with Crippen LogP contribution in [0, 0.1) is 0 Å². The van der Waals surface area contributed by atoms with Crippen molar-refractivity contribution in [2.45, 2.75) is 0 Å². The maximum absolute atomic E-state index is 6.25. The van der Waals surface area contributed by atoms with Crippen LogP contribution in [0.3, 0.4) is 0 Å². The van der Waals surface area contributed by atoms with Crippen molar-refractivity contribution in [3.63, 3.8) is 0 Å². The quantitative estimate of drug-likeness (QED) is 0.186. The molecule has 0 atom stereocenters. The van der Waals surface area contributed by atoms with Crippen molar-refractivity contribution in [1.29, 1.82) is 0 Å². The lowest BCUT2D eigenvalue weighted by Gasteiger charge is -2.28. The van der Waals surface area contributed by atoms with Crippen LogP contribution in [-0.2, 0) is 0 Å². The molecule has 10 rings (SSSR count). The van der Waals surface area contributed by atoms with Crippen molar-refractivity contribution < 1.29 is 4.42 Å². The maximum Gasteiger partial charge on any atom is 0.135 e. The van der Waals surface area contributed by atoms with Gasteiger partial charge >= 0.3 is 0 Å². The van der Waals surface area contributed by atoms with E-state index in [0.717, 1.165) is 44.6 Å². The van der Waals surface area contributed by atoms with Gasteiger partial charge in [0.25, 0.3) is 0 Å². The van der Waals surface area contributed by atoms with Gasteiger partial charge < -0.3 is 9.32 Å². The van der Waals surface area contributed by atoms with E-state index in [-0.39, 0.29) is 0 Å². The number of anilines is 3. The minimum absolute atomic E-state index is 0.890. The van der Waals surface area contributed by atoms with Crippen LogP contribution in [0.25, 0.3) is 75.1 Å². The number of benzene rings is 8. The first-order valence-electron chi connectivity index (χ1n) is 16.6. The van der Waals surface area contributed by atoms with Crippen molar-refractivity contribution in [2.24, 2.45) is 0 Å². The van der Waals surface area contributed by atoms with E-state index in [0.29, 0.717) is 0 Å². The minimum Gasteiger partial charge on any atom is -0.456 e. The standard InChI is InChI=1S/C46H29NOS/c1-2-15-35-30(11-1)12-10-19-36(35)31-13-9-14-32(27-31)37-16-3-6-20-42(37)47(33-24-26-44-41(28-33)38-17-4-7-21-43(38)48-44)34-23-25-40-39-18-5-8-22-45(39)49-46(40)29-34/h1-29H. The van der Waals surface area contributed by atoms with Crippen molar-refractivity contribution in [3.05, 3.63) is 176 Å². The Morgan fingerprint density at radius 2 is 1.02 bits per heavy atom. The van der Waals surface area contributed by atoms with Crippen molar-refractivity contribution in [2.75, 3.05) is 4.90 Å². The smallest absolute Gasteiger partial charge is 0.135 e. The fourth-order valence-electron chi connectivity index (χ4n) is 7.38. The van der Waals surface area contributed by atoms with Gasteiger partial charge in [0.05, 0.1) is 5.69 Å². The number of furan rings is 1. The molecule has 0 N–H and O–H groups in total. The third kappa shape index (κ3) is 4.62. The summed E-state index contributed by atoms with van der Waals surface area (Å²) >= 11 is 1.85. The summed E-state index contributed by atoms with van der Waals surface area (Å²) in [7, 11) is 0. The minimum atomic E-state index is 0.890. The summed E-state index contributed by atoms with van der Waals surface area (Å²) in [5, 5.41) is 7.33. The molecule has 49 heavy (non-hydrogen) atoms. The molecule has 0 aliphatic heterocycles. The Kier molecular flexibility index (Phi) is 6.39. The van der Waals surface area contributed by atoms with Gasteiger partial charge in [-0.15, -0.1) is 11.3 Å². The summed E-state index contributed by atoms with van der Waals surface area (Å²) < 4.78 is 8.83. The number of para-hydroxylation sites is 2. The summed E-state index contributed by atoms with van der Waals surface area (Å²) in [6.07, 6.45) is 0. The first-order chi connectivity index (χ1) is 24.3. The molecule has 0 radical (unpaired) electrons. The van der Waals surface area contributed by atoms with Gasteiger partial charge in [-0.2, -0.15) is 0 Å². The van der Waals surface area contributed by atoms with Crippen LogP contribution < -0.4 is 4.90 Å². The van der Waals surface area contributed by atoms with Crippen molar-refractivity contribution in [1.82, 2.24) is 0 Å². The molecule has 0 aliphatic rings. The van der Waals surface area contributed by atoms with E-state index < -0.39 is 0 Å². The molecular formula is C46H29NOS. The average Bonchev–Trinajstić information content (AvgIpc) is 3.73. The zero-order valence-corrected chi connectivity index (χ0v) is 27.3. The Bertz CT molecular complexity index is 2850. The molecule has 0 saturated heterocycles. The molecule has 2 aromatic heterocycles. The Hall–Kier alpha value is -6.16. The molecule has 0 fully saturated rings. The second-order valence-electron chi connectivity index (χ2n) is 12.5. The van der Waals surface area contributed by atoms with Gasteiger partial charge in [0, 0.05) is 47.9 Å². The van der Waals surface area contributed by atoms with Gasteiger partial charge in [-0.25, -0.2) is 0 Å².